The van der Waals surface area contributed by atoms with E-state index in [1.54, 1.807) is 25.9 Å². The van der Waals surface area contributed by atoms with Gasteiger partial charge in [-0.2, -0.15) is 0 Å². The van der Waals surface area contributed by atoms with Crippen LogP contribution in [-0.4, -0.2) is 56.5 Å². The van der Waals surface area contributed by atoms with Crippen molar-refractivity contribution >= 4 is 18.7 Å². The van der Waals surface area contributed by atoms with Gasteiger partial charge in [-0.1, -0.05) is 34.3 Å². The summed E-state index contributed by atoms with van der Waals surface area (Å²) in [6.07, 6.45) is 0. The second kappa shape index (κ2) is 11.1. The summed E-state index contributed by atoms with van der Waals surface area (Å²) in [4.78, 5) is 33.7. The van der Waals surface area contributed by atoms with Gasteiger partial charge in [0.05, 0.1) is 12.2 Å². The fourth-order valence-electron chi connectivity index (χ4n) is 2.82. The van der Waals surface area contributed by atoms with E-state index in [9.17, 15) is 9.59 Å². The molecule has 0 bridgehead atoms. The van der Waals surface area contributed by atoms with Crippen molar-refractivity contribution in [3.8, 4) is 0 Å². The Kier molecular flexibility index (Phi) is 11.3. The van der Waals surface area contributed by atoms with Gasteiger partial charge in [0.2, 0.25) is 5.91 Å². The van der Waals surface area contributed by atoms with Gasteiger partial charge >= 0.3 is 5.97 Å². The van der Waals surface area contributed by atoms with Crippen molar-refractivity contribution in [2.75, 3.05) is 27.3 Å². The number of rotatable bonds is 9. The minimum Gasteiger partial charge on any atom is -0.460 e. The molecular formula is C20H37NO5. The van der Waals surface area contributed by atoms with E-state index in [2.05, 4.69) is 34.3 Å². The molecule has 1 unspecified atom stereocenters. The lowest BCUT2D eigenvalue weighted by Gasteiger charge is -2.48. The molecule has 0 aliphatic carbocycles. The summed E-state index contributed by atoms with van der Waals surface area (Å²) in [5.41, 5.74) is -0.601. The Labute approximate surface area is 158 Å². The Bertz CT molecular complexity index is 481. The number of carbonyl (C=O) groups is 3. The molecule has 0 spiro atoms. The predicted octanol–water partition coefficient (Wildman–Crippen LogP) is 3.10. The van der Waals surface area contributed by atoms with Gasteiger partial charge in [0, 0.05) is 31.0 Å². The molecular weight excluding hydrogens is 334 g/mol. The normalized spacial score (nSPS) is 12.7. The van der Waals surface area contributed by atoms with Crippen molar-refractivity contribution in [1.82, 2.24) is 4.90 Å². The first-order valence-electron chi connectivity index (χ1n) is 8.72. The summed E-state index contributed by atoms with van der Waals surface area (Å²) >= 11 is 0. The molecule has 0 aromatic heterocycles. The average molecular weight is 372 g/mol. The standard InChI is InChI=1S/C19H35NO4.CH2O/c1-13(2)15(16(21)20(9)10)18(5,6)19(7,8)24-12-11-23-17(22)14(3)4;1-2/h13,15H,3,11-12H2,1-2,4-10H3;1H2. The molecule has 0 rings (SSSR count). The molecule has 0 aromatic carbocycles. The van der Waals surface area contributed by atoms with Crippen molar-refractivity contribution < 1.29 is 23.9 Å². The van der Waals surface area contributed by atoms with Gasteiger partial charge in [0.25, 0.3) is 0 Å². The van der Waals surface area contributed by atoms with Crippen LogP contribution in [0.5, 0.6) is 0 Å². The predicted molar refractivity (Wildman–Crippen MR) is 104 cm³/mol. The molecule has 0 radical (unpaired) electrons. The minimum atomic E-state index is -0.566. The van der Waals surface area contributed by atoms with Gasteiger partial charge in [-0.25, -0.2) is 4.79 Å². The van der Waals surface area contributed by atoms with Crippen LogP contribution >= 0.6 is 0 Å². The lowest BCUT2D eigenvalue weighted by Crippen LogP contribution is -2.53. The number of hydrogen-bond acceptors (Lipinski definition) is 5. The minimum absolute atomic E-state index is 0.0976. The van der Waals surface area contributed by atoms with E-state index < -0.39 is 17.0 Å². The van der Waals surface area contributed by atoms with Gasteiger partial charge in [0.1, 0.15) is 13.4 Å². The molecule has 1 atom stereocenters. The Morgan fingerprint density at radius 1 is 1.04 bits per heavy atom. The second-order valence-corrected chi connectivity index (χ2v) is 7.95. The molecule has 26 heavy (non-hydrogen) atoms. The van der Waals surface area contributed by atoms with E-state index in [0.717, 1.165) is 0 Å². The number of nitrogens with zero attached hydrogens (tertiary/aromatic N) is 1. The highest BCUT2D eigenvalue weighted by Gasteiger charge is 2.48. The van der Waals surface area contributed by atoms with Crippen LogP contribution in [0.25, 0.3) is 0 Å². The third kappa shape index (κ3) is 7.28. The van der Waals surface area contributed by atoms with E-state index in [0.29, 0.717) is 5.57 Å². The van der Waals surface area contributed by atoms with E-state index in [1.807, 2.05) is 20.6 Å². The highest BCUT2D eigenvalue weighted by Crippen LogP contribution is 2.44. The fourth-order valence-corrected chi connectivity index (χ4v) is 2.82. The molecule has 0 saturated carbocycles. The maximum atomic E-state index is 12.7. The molecule has 6 heteroatoms. The van der Waals surface area contributed by atoms with Crippen LogP contribution in [0.4, 0.5) is 0 Å². The van der Waals surface area contributed by atoms with E-state index in [1.165, 1.54) is 0 Å². The highest BCUT2D eigenvalue weighted by molar-refractivity contribution is 5.86. The zero-order valence-corrected chi connectivity index (χ0v) is 18.0. The third-order valence-electron chi connectivity index (χ3n) is 4.83. The first-order valence-corrected chi connectivity index (χ1v) is 8.72. The number of carbonyl (C=O) groups excluding carboxylic acids is 3. The molecule has 152 valence electrons. The van der Waals surface area contributed by atoms with Crippen molar-refractivity contribution in [2.24, 2.45) is 17.3 Å². The van der Waals surface area contributed by atoms with Crippen LogP contribution in [0.2, 0.25) is 0 Å². The smallest absolute Gasteiger partial charge is 0.333 e. The third-order valence-corrected chi connectivity index (χ3v) is 4.83. The zero-order valence-electron chi connectivity index (χ0n) is 18.0. The first kappa shape index (κ1) is 26.5. The molecule has 0 saturated heterocycles. The number of esters is 1. The largest absolute Gasteiger partial charge is 0.460 e. The number of amides is 1. The second-order valence-electron chi connectivity index (χ2n) is 7.95. The quantitative estimate of drug-likeness (QED) is 0.354. The van der Waals surface area contributed by atoms with E-state index in [-0.39, 0.29) is 31.0 Å². The fraction of sp³-hybridized carbons (Fsp3) is 0.750. The summed E-state index contributed by atoms with van der Waals surface area (Å²) < 4.78 is 11.1. The monoisotopic (exact) mass is 371 g/mol. The Morgan fingerprint density at radius 2 is 1.50 bits per heavy atom. The lowest BCUT2D eigenvalue weighted by atomic mass is 9.63. The molecule has 1 amide bonds. The van der Waals surface area contributed by atoms with Crippen LogP contribution in [-0.2, 0) is 23.9 Å². The molecule has 0 aliphatic heterocycles. The number of ether oxygens (including phenoxy) is 2. The molecule has 0 aliphatic rings. The summed E-state index contributed by atoms with van der Waals surface area (Å²) in [5.74, 6) is -0.321. The van der Waals surface area contributed by atoms with Crippen LogP contribution in [0.1, 0.15) is 48.5 Å². The Morgan fingerprint density at radius 3 is 1.85 bits per heavy atom. The zero-order chi connectivity index (χ0) is 21.3. The van der Waals surface area contributed by atoms with Gasteiger partial charge in [-0.05, 0) is 26.7 Å². The van der Waals surface area contributed by atoms with Crippen LogP contribution in [0.3, 0.4) is 0 Å². The Balaban J connectivity index is 0. The summed E-state index contributed by atoms with van der Waals surface area (Å²) in [7, 11) is 3.55. The van der Waals surface area contributed by atoms with Gasteiger partial charge in [-0.15, -0.1) is 0 Å². The van der Waals surface area contributed by atoms with Crippen molar-refractivity contribution in [2.45, 2.75) is 54.1 Å². The van der Waals surface area contributed by atoms with Crippen LogP contribution in [0, 0.1) is 17.3 Å². The van der Waals surface area contributed by atoms with Crippen molar-refractivity contribution in [3.63, 3.8) is 0 Å². The summed E-state index contributed by atoms with van der Waals surface area (Å²) in [6, 6.07) is 0. The van der Waals surface area contributed by atoms with Gasteiger partial charge in [0.15, 0.2) is 0 Å². The van der Waals surface area contributed by atoms with Gasteiger partial charge < -0.3 is 19.2 Å². The topological polar surface area (TPSA) is 72.9 Å². The highest BCUT2D eigenvalue weighted by atomic mass is 16.6. The number of hydrogen-bond donors (Lipinski definition) is 0. The summed E-state index contributed by atoms with van der Waals surface area (Å²) in [6.45, 7) is 19.8. The van der Waals surface area contributed by atoms with E-state index in [4.69, 9.17) is 14.3 Å². The molecule has 0 N–H and O–H groups in total. The maximum Gasteiger partial charge on any atom is 0.333 e. The lowest BCUT2D eigenvalue weighted by molar-refractivity contribution is -0.164. The van der Waals surface area contributed by atoms with Crippen molar-refractivity contribution in [3.05, 3.63) is 12.2 Å². The molecule has 0 heterocycles. The van der Waals surface area contributed by atoms with Crippen molar-refractivity contribution in [1.29, 1.82) is 0 Å². The Hall–Kier alpha value is -1.69. The van der Waals surface area contributed by atoms with E-state index >= 15 is 0 Å². The summed E-state index contributed by atoms with van der Waals surface area (Å²) in [5, 5.41) is 0. The average Bonchev–Trinajstić information content (AvgIpc) is 2.52. The molecule has 0 fully saturated rings. The molecule has 0 aromatic rings. The van der Waals surface area contributed by atoms with Crippen LogP contribution in [0.15, 0.2) is 12.2 Å². The maximum absolute atomic E-state index is 12.7. The SMILES string of the molecule is C=C(C)C(=O)OCCOC(C)(C)C(C)(C)C(C(=O)N(C)C)C(C)C.C=O. The van der Waals surface area contributed by atoms with Gasteiger partial charge in [-0.3, -0.25) is 4.79 Å². The van der Waals surface area contributed by atoms with Crippen LogP contribution < -0.4 is 0 Å². The molecule has 6 nitrogen and oxygen atoms in total. The first-order chi connectivity index (χ1) is 11.8.